The first-order chi connectivity index (χ1) is 10.8. The van der Waals surface area contributed by atoms with Crippen LogP contribution in [0.5, 0.6) is 0 Å². The minimum atomic E-state index is -0.0189. The van der Waals surface area contributed by atoms with Gasteiger partial charge in [-0.25, -0.2) is 4.98 Å². The van der Waals surface area contributed by atoms with Crippen LogP contribution in [0, 0.1) is 13.8 Å². The summed E-state index contributed by atoms with van der Waals surface area (Å²) in [4.78, 5) is 4.71. The Bertz CT molecular complexity index is 695. The Labute approximate surface area is 140 Å². The van der Waals surface area contributed by atoms with Gasteiger partial charge in [-0.05, 0) is 65.5 Å². The zero-order chi connectivity index (χ0) is 17.0. The third kappa shape index (κ3) is 4.44. The van der Waals surface area contributed by atoms with Gasteiger partial charge in [0.1, 0.15) is 5.82 Å². The van der Waals surface area contributed by atoms with E-state index in [1.807, 2.05) is 0 Å². The van der Waals surface area contributed by atoms with E-state index in [2.05, 4.69) is 63.5 Å². The summed E-state index contributed by atoms with van der Waals surface area (Å²) in [5.41, 5.74) is 5.01. The lowest BCUT2D eigenvalue weighted by Crippen LogP contribution is -2.21. The van der Waals surface area contributed by atoms with E-state index in [-0.39, 0.29) is 5.60 Å². The Morgan fingerprint density at radius 1 is 1.30 bits per heavy atom. The summed E-state index contributed by atoms with van der Waals surface area (Å²) in [5.74, 6) is 1.08. The standard InChI is InChI=1S/C20H30N2O/c1-15(9-8-13-20(4,5)23-6)12-14-22-17(3)21-19-16(2)10-7-11-18(19)22/h7,10-12H,8-9,13-14H2,1-6H3/b15-12+. The predicted octanol–water partition coefficient (Wildman–Crippen LogP) is 5.19. The van der Waals surface area contributed by atoms with E-state index in [0.717, 1.165) is 37.1 Å². The van der Waals surface area contributed by atoms with E-state index < -0.39 is 0 Å². The minimum Gasteiger partial charge on any atom is -0.379 e. The number of allylic oxidation sites excluding steroid dienone is 2. The third-order valence-electron chi connectivity index (χ3n) is 4.70. The van der Waals surface area contributed by atoms with Crippen LogP contribution in [0.1, 0.15) is 51.4 Å². The number of rotatable bonds is 7. The normalized spacial score (nSPS) is 13.0. The summed E-state index contributed by atoms with van der Waals surface area (Å²) in [6.45, 7) is 11.6. The zero-order valence-corrected chi connectivity index (χ0v) is 15.4. The van der Waals surface area contributed by atoms with Crippen LogP contribution in [-0.4, -0.2) is 22.3 Å². The number of methoxy groups -OCH3 is 1. The highest BCUT2D eigenvalue weighted by Gasteiger charge is 2.15. The van der Waals surface area contributed by atoms with Crippen molar-refractivity contribution in [1.29, 1.82) is 0 Å². The molecular weight excluding hydrogens is 284 g/mol. The number of fused-ring (bicyclic) bond motifs is 1. The molecule has 2 rings (SSSR count). The van der Waals surface area contributed by atoms with Crippen molar-refractivity contribution in [2.45, 2.75) is 66.0 Å². The molecule has 1 aromatic carbocycles. The SMILES string of the molecule is COC(C)(C)CCC/C(C)=C/Cn1c(C)nc2c(C)cccc21. The van der Waals surface area contributed by atoms with E-state index in [1.165, 1.54) is 16.7 Å². The number of imidazole rings is 1. The molecule has 0 bridgehead atoms. The van der Waals surface area contributed by atoms with Crippen LogP contribution in [0.4, 0.5) is 0 Å². The first-order valence-corrected chi connectivity index (χ1v) is 8.47. The van der Waals surface area contributed by atoms with Gasteiger partial charge in [0.05, 0.1) is 16.6 Å². The van der Waals surface area contributed by atoms with Crippen molar-refractivity contribution in [2.75, 3.05) is 7.11 Å². The highest BCUT2D eigenvalue weighted by Crippen LogP contribution is 2.21. The Balaban J connectivity index is 2.02. The summed E-state index contributed by atoms with van der Waals surface area (Å²) >= 11 is 0. The van der Waals surface area contributed by atoms with Gasteiger partial charge in [-0.1, -0.05) is 23.8 Å². The molecule has 0 aliphatic rings. The summed E-state index contributed by atoms with van der Waals surface area (Å²) in [5, 5.41) is 0. The molecule has 0 spiro atoms. The number of benzene rings is 1. The second-order valence-corrected chi connectivity index (χ2v) is 7.08. The predicted molar refractivity (Wildman–Crippen MR) is 97.9 cm³/mol. The van der Waals surface area contributed by atoms with Crippen molar-refractivity contribution in [3.8, 4) is 0 Å². The topological polar surface area (TPSA) is 27.1 Å². The quantitative estimate of drug-likeness (QED) is 0.657. The summed E-state index contributed by atoms with van der Waals surface area (Å²) < 4.78 is 7.78. The maximum absolute atomic E-state index is 5.48. The van der Waals surface area contributed by atoms with Gasteiger partial charge in [-0.15, -0.1) is 0 Å². The lowest BCUT2D eigenvalue weighted by molar-refractivity contribution is 0.0140. The molecule has 0 atom stereocenters. The molecule has 0 aliphatic heterocycles. The van der Waals surface area contributed by atoms with Crippen molar-refractivity contribution in [1.82, 2.24) is 9.55 Å². The van der Waals surface area contributed by atoms with Crippen LogP contribution in [0.2, 0.25) is 0 Å². The average molecular weight is 314 g/mol. The Morgan fingerprint density at radius 3 is 2.74 bits per heavy atom. The lowest BCUT2D eigenvalue weighted by Gasteiger charge is -2.22. The van der Waals surface area contributed by atoms with Gasteiger partial charge in [0, 0.05) is 13.7 Å². The largest absolute Gasteiger partial charge is 0.379 e. The van der Waals surface area contributed by atoms with Crippen LogP contribution < -0.4 is 0 Å². The molecule has 0 saturated carbocycles. The highest BCUT2D eigenvalue weighted by molar-refractivity contribution is 5.79. The summed E-state index contributed by atoms with van der Waals surface area (Å²) in [6, 6.07) is 6.39. The van der Waals surface area contributed by atoms with E-state index in [0.29, 0.717) is 0 Å². The molecule has 0 amide bonds. The summed E-state index contributed by atoms with van der Waals surface area (Å²) in [7, 11) is 1.79. The Morgan fingerprint density at radius 2 is 2.04 bits per heavy atom. The zero-order valence-electron chi connectivity index (χ0n) is 15.4. The van der Waals surface area contributed by atoms with Crippen molar-refractivity contribution in [2.24, 2.45) is 0 Å². The maximum Gasteiger partial charge on any atom is 0.107 e. The average Bonchev–Trinajstić information content (AvgIpc) is 2.82. The van der Waals surface area contributed by atoms with Crippen molar-refractivity contribution in [3.05, 3.63) is 41.2 Å². The number of hydrogen-bond acceptors (Lipinski definition) is 2. The van der Waals surface area contributed by atoms with Gasteiger partial charge in [-0.3, -0.25) is 0 Å². The molecule has 0 radical (unpaired) electrons. The van der Waals surface area contributed by atoms with Crippen molar-refractivity contribution >= 4 is 11.0 Å². The van der Waals surface area contributed by atoms with Gasteiger partial charge >= 0.3 is 0 Å². The van der Waals surface area contributed by atoms with Gasteiger partial charge in [-0.2, -0.15) is 0 Å². The van der Waals surface area contributed by atoms with Crippen LogP contribution in [0.15, 0.2) is 29.8 Å². The lowest BCUT2D eigenvalue weighted by atomic mass is 9.99. The second kappa shape index (κ2) is 7.31. The number of hydrogen-bond donors (Lipinski definition) is 0. The molecule has 2 aromatic rings. The van der Waals surface area contributed by atoms with E-state index in [9.17, 15) is 0 Å². The van der Waals surface area contributed by atoms with Crippen LogP contribution in [0.25, 0.3) is 11.0 Å². The number of aromatic nitrogens is 2. The molecule has 0 fully saturated rings. The van der Waals surface area contributed by atoms with Crippen LogP contribution in [-0.2, 0) is 11.3 Å². The molecule has 0 N–H and O–H groups in total. The van der Waals surface area contributed by atoms with E-state index in [1.54, 1.807) is 7.11 Å². The number of aryl methyl sites for hydroxylation is 2. The molecule has 3 heteroatoms. The minimum absolute atomic E-state index is 0.0189. The van der Waals surface area contributed by atoms with Gasteiger partial charge in [0.2, 0.25) is 0 Å². The van der Waals surface area contributed by atoms with Crippen LogP contribution >= 0.6 is 0 Å². The fraction of sp³-hybridized carbons (Fsp3) is 0.550. The van der Waals surface area contributed by atoms with Gasteiger partial charge in [0.15, 0.2) is 0 Å². The molecule has 3 nitrogen and oxygen atoms in total. The number of para-hydroxylation sites is 1. The molecule has 0 aliphatic carbocycles. The van der Waals surface area contributed by atoms with Gasteiger partial charge < -0.3 is 9.30 Å². The molecular formula is C20H30N2O. The third-order valence-corrected chi connectivity index (χ3v) is 4.70. The van der Waals surface area contributed by atoms with E-state index >= 15 is 0 Å². The monoisotopic (exact) mass is 314 g/mol. The summed E-state index contributed by atoms with van der Waals surface area (Å²) in [6.07, 6.45) is 5.70. The smallest absolute Gasteiger partial charge is 0.107 e. The van der Waals surface area contributed by atoms with E-state index in [4.69, 9.17) is 9.72 Å². The first-order valence-electron chi connectivity index (χ1n) is 8.47. The molecule has 0 unspecified atom stereocenters. The molecule has 23 heavy (non-hydrogen) atoms. The first kappa shape index (κ1) is 17.7. The molecule has 0 saturated heterocycles. The van der Waals surface area contributed by atoms with Gasteiger partial charge in [0.25, 0.3) is 0 Å². The van der Waals surface area contributed by atoms with Crippen molar-refractivity contribution < 1.29 is 4.74 Å². The number of nitrogens with zero attached hydrogens (tertiary/aromatic N) is 2. The number of ether oxygens (including phenoxy) is 1. The molecule has 1 aromatic heterocycles. The maximum atomic E-state index is 5.48. The second-order valence-electron chi connectivity index (χ2n) is 7.08. The van der Waals surface area contributed by atoms with Crippen molar-refractivity contribution in [3.63, 3.8) is 0 Å². The Kier molecular flexibility index (Phi) is 5.64. The molecule has 126 valence electrons. The molecule has 1 heterocycles. The highest BCUT2D eigenvalue weighted by atomic mass is 16.5. The fourth-order valence-corrected chi connectivity index (χ4v) is 2.88. The Hall–Kier alpha value is -1.61. The fourth-order valence-electron chi connectivity index (χ4n) is 2.88. The van der Waals surface area contributed by atoms with Crippen LogP contribution in [0.3, 0.4) is 0 Å².